The molecule has 132 valence electrons. The molecule has 0 spiro atoms. The first-order valence-electron chi connectivity index (χ1n) is 8.17. The molecule has 25 heavy (non-hydrogen) atoms. The number of hydrogen-bond acceptors (Lipinski definition) is 4. The second kappa shape index (κ2) is 8.54. The van der Waals surface area contributed by atoms with Crippen LogP contribution in [0.5, 0.6) is 0 Å². The third kappa shape index (κ3) is 4.64. The van der Waals surface area contributed by atoms with Gasteiger partial charge in [0, 0.05) is 12.0 Å². The Morgan fingerprint density at radius 2 is 1.80 bits per heavy atom. The fraction of sp³-hybridized carbons (Fsp3) is 0.300. The lowest BCUT2D eigenvalue weighted by Gasteiger charge is -2.16. The molecule has 0 radical (unpaired) electrons. The van der Waals surface area contributed by atoms with Crippen molar-refractivity contribution in [1.82, 2.24) is 0 Å². The Morgan fingerprint density at radius 3 is 2.48 bits per heavy atom. The maximum Gasteiger partial charge on any atom is 0.178 e. The molecule has 1 unspecified atom stereocenters. The van der Waals surface area contributed by atoms with Gasteiger partial charge in [-0.15, -0.1) is 0 Å². The lowest BCUT2D eigenvalue weighted by atomic mass is 10.2. The van der Waals surface area contributed by atoms with Crippen LogP contribution in [0.4, 0.5) is 0 Å². The topological polar surface area (TPSA) is 44.8 Å². The predicted octanol–water partition coefficient (Wildman–Crippen LogP) is 3.57. The van der Waals surface area contributed by atoms with Crippen molar-refractivity contribution in [3.8, 4) is 0 Å². The molecule has 0 N–H and O–H groups in total. The molecule has 0 saturated carbocycles. The van der Waals surface area contributed by atoms with E-state index in [1.807, 2.05) is 61.5 Å². The standard InChI is InChI=1S/C20H22O4S/c1-15-8-10-17(11-9-15)25(21)19-12-20(22-2)24-18(19)14-23-13-16-6-4-3-5-7-16/h3-12,18,20H,13-14H2,1-2H3/t18-,20-,25?/m1/s1. The fourth-order valence-electron chi connectivity index (χ4n) is 2.59. The van der Waals surface area contributed by atoms with Gasteiger partial charge in [-0.3, -0.25) is 0 Å². The summed E-state index contributed by atoms with van der Waals surface area (Å²) in [6, 6.07) is 17.6. The minimum absolute atomic E-state index is 0.332. The Labute approximate surface area is 150 Å². The number of methoxy groups -OCH3 is 1. The highest BCUT2D eigenvalue weighted by Crippen LogP contribution is 2.28. The maximum atomic E-state index is 12.9. The molecular formula is C20H22O4S. The van der Waals surface area contributed by atoms with Crippen LogP contribution in [0.15, 0.2) is 70.5 Å². The number of rotatable bonds is 7. The van der Waals surface area contributed by atoms with Crippen LogP contribution in [-0.4, -0.2) is 30.3 Å². The van der Waals surface area contributed by atoms with Crippen molar-refractivity contribution in [2.24, 2.45) is 0 Å². The van der Waals surface area contributed by atoms with Crippen molar-refractivity contribution in [3.63, 3.8) is 0 Å². The van der Waals surface area contributed by atoms with E-state index in [1.165, 1.54) is 0 Å². The first kappa shape index (κ1) is 18.0. The van der Waals surface area contributed by atoms with Crippen LogP contribution in [0.2, 0.25) is 0 Å². The number of hydrogen-bond donors (Lipinski definition) is 0. The van der Waals surface area contributed by atoms with Gasteiger partial charge in [-0.25, -0.2) is 4.21 Å². The van der Waals surface area contributed by atoms with E-state index in [2.05, 4.69) is 0 Å². The summed E-state index contributed by atoms with van der Waals surface area (Å²) in [5, 5.41) is 0. The van der Waals surface area contributed by atoms with Crippen molar-refractivity contribution < 1.29 is 18.4 Å². The summed E-state index contributed by atoms with van der Waals surface area (Å²) < 4.78 is 29.7. The average Bonchev–Trinajstić information content (AvgIpc) is 3.06. The molecule has 2 aromatic rings. The molecule has 0 saturated heterocycles. The van der Waals surface area contributed by atoms with Crippen LogP contribution >= 0.6 is 0 Å². The van der Waals surface area contributed by atoms with E-state index >= 15 is 0 Å². The monoisotopic (exact) mass is 358 g/mol. The smallest absolute Gasteiger partial charge is 0.178 e. The van der Waals surface area contributed by atoms with Gasteiger partial charge in [0.05, 0.1) is 28.9 Å². The zero-order chi connectivity index (χ0) is 17.6. The van der Waals surface area contributed by atoms with Crippen LogP contribution in [0, 0.1) is 6.92 Å². The van der Waals surface area contributed by atoms with E-state index in [4.69, 9.17) is 14.2 Å². The van der Waals surface area contributed by atoms with Gasteiger partial charge in [-0.1, -0.05) is 48.0 Å². The molecule has 2 aromatic carbocycles. The van der Waals surface area contributed by atoms with Crippen molar-refractivity contribution in [1.29, 1.82) is 0 Å². The van der Waals surface area contributed by atoms with E-state index in [1.54, 1.807) is 13.2 Å². The van der Waals surface area contributed by atoms with Gasteiger partial charge in [0.15, 0.2) is 6.29 Å². The summed E-state index contributed by atoms with van der Waals surface area (Å²) in [6.45, 7) is 2.83. The van der Waals surface area contributed by atoms with Gasteiger partial charge in [0.25, 0.3) is 0 Å². The van der Waals surface area contributed by atoms with E-state index in [0.29, 0.717) is 18.1 Å². The summed E-state index contributed by atoms with van der Waals surface area (Å²) in [4.78, 5) is 1.45. The summed E-state index contributed by atoms with van der Waals surface area (Å²) in [7, 11) is 0.279. The Hall–Kier alpha value is -1.79. The Balaban J connectivity index is 1.66. The molecule has 4 nitrogen and oxygen atoms in total. The normalized spacial score (nSPS) is 21.1. The van der Waals surface area contributed by atoms with Gasteiger partial charge in [-0.2, -0.15) is 0 Å². The summed E-state index contributed by atoms with van der Waals surface area (Å²) in [5.74, 6) is 0. The Kier molecular flexibility index (Phi) is 6.15. The molecule has 0 fully saturated rings. The van der Waals surface area contributed by atoms with Crippen LogP contribution in [-0.2, 0) is 31.6 Å². The van der Waals surface area contributed by atoms with Gasteiger partial charge in [-0.05, 0) is 30.7 Å². The molecule has 1 aliphatic rings. The zero-order valence-corrected chi connectivity index (χ0v) is 15.2. The molecule has 0 bridgehead atoms. The molecule has 3 atom stereocenters. The SMILES string of the molecule is CO[C@H]1C=C(S(=O)c2ccc(C)cc2)[C@@H](COCc2ccccc2)O1. The molecule has 1 aliphatic heterocycles. The molecule has 0 aromatic heterocycles. The van der Waals surface area contributed by atoms with Crippen molar-refractivity contribution in [3.05, 3.63) is 76.7 Å². The zero-order valence-electron chi connectivity index (χ0n) is 14.4. The van der Waals surface area contributed by atoms with Gasteiger partial charge < -0.3 is 14.2 Å². The predicted molar refractivity (Wildman–Crippen MR) is 97.4 cm³/mol. The third-order valence-electron chi connectivity index (χ3n) is 3.98. The highest BCUT2D eigenvalue weighted by atomic mass is 32.2. The van der Waals surface area contributed by atoms with E-state index in [-0.39, 0.29) is 6.10 Å². The lowest BCUT2D eigenvalue weighted by Crippen LogP contribution is -2.23. The largest absolute Gasteiger partial charge is 0.374 e. The van der Waals surface area contributed by atoms with Crippen molar-refractivity contribution in [2.75, 3.05) is 13.7 Å². The first-order valence-corrected chi connectivity index (χ1v) is 9.32. The minimum Gasteiger partial charge on any atom is -0.374 e. The molecule has 0 aliphatic carbocycles. The van der Waals surface area contributed by atoms with Crippen LogP contribution in [0.1, 0.15) is 11.1 Å². The van der Waals surface area contributed by atoms with E-state index in [9.17, 15) is 4.21 Å². The van der Waals surface area contributed by atoms with E-state index < -0.39 is 17.1 Å². The minimum atomic E-state index is -1.29. The van der Waals surface area contributed by atoms with Gasteiger partial charge in [0.1, 0.15) is 6.10 Å². The Morgan fingerprint density at radius 1 is 1.08 bits per heavy atom. The van der Waals surface area contributed by atoms with Gasteiger partial charge in [0.2, 0.25) is 0 Å². The van der Waals surface area contributed by atoms with Crippen LogP contribution in [0.3, 0.4) is 0 Å². The van der Waals surface area contributed by atoms with Gasteiger partial charge >= 0.3 is 0 Å². The third-order valence-corrected chi connectivity index (χ3v) is 5.51. The quantitative estimate of drug-likeness (QED) is 0.759. The highest BCUT2D eigenvalue weighted by Gasteiger charge is 2.31. The van der Waals surface area contributed by atoms with E-state index in [0.717, 1.165) is 16.0 Å². The second-order valence-corrected chi connectivity index (χ2v) is 7.36. The average molecular weight is 358 g/mol. The Bertz CT molecular complexity index is 740. The first-order chi connectivity index (χ1) is 12.2. The number of ether oxygens (including phenoxy) is 3. The van der Waals surface area contributed by atoms with Crippen LogP contribution in [0.25, 0.3) is 0 Å². The number of aryl methyl sites for hydroxylation is 1. The number of benzene rings is 2. The van der Waals surface area contributed by atoms with Crippen LogP contribution < -0.4 is 0 Å². The fourth-order valence-corrected chi connectivity index (χ4v) is 3.84. The summed E-state index contributed by atoms with van der Waals surface area (Å²) >= 11 is 0. The van der Waals surface area contributed by atoms with Crippen molar-refractivity contribution in [2.45, 2.75) is 30.8 Å². The molecular weight excluding hydrogens is 336 g/mol. The molecule has 0 amide bonds. The highest BCUT2D eigenvalue weighted by molar-refractivity contribution is 7.89. The summed E-state index contributed by atoms with van der Waals surface area (Å²) in [5.41, 5.74) is 2.23. The molecule has 5 heteroatoms. The molecule has 3 rings (SSSR count). The van der Waals surface area contributed by atoms with Crippen molar-refractivity contribution >= 4 is 10.8 Å². The second-order valence-electron chi connectivity index (χ2n) is 5.88. The lowest BCUT2D eigenvalue weighted by molar-refractivity contribution is -0.116. The maximum absolute atomic E-state index is 12.9. The summed E-state index contributed by atoms with van der Waals surface area (Å²) in [6.07, 6.45) is 0.914. The molecule has 1 heterocycles.